The van der Waals surface area contributed by atoms with Crippen LogP contribution < -0.4 is 0 Å². The number of hydrogen-bond acceptors (Lipinski definition) is 1. The first-order valence-electron chi connectivity index (χ1n) is 3.54. The van der Waals surface area contributed by atoms with E-state index in [2.05, 4.69) is 27.8 Å². The molecule has 1 rings (SSSR count). The molecule has 0 saturated carbocycles. The van der Waals surface area contributed by atoms with E-state index in [4.69, 9.17) is 11.6 Å². The summed E-state index contributed by atoms with van der Waals surface area (Å²) in [6.07, 6.45) is 3.80. The van der Waals surface area contributed by atoms with Crippen molar-refractivity contribution in [3.05, 3.63) is 27.5 Å². The van der Waals surface area contributed by atoms with E-state index in [1.807, 2.05) is 6.07 Å². The van der Waals surface area contributed by atoms with Crippen molar-refractivity contribution < 1.29 is 0 Å². The maximum absolute atomic E-state index is 5.92. The van der Waals surface area contributed by atoms with Crippen LogP contribution in [0.2, 0.25) is 5.02 Å². The number of rotatable bonds is 2. The van der Waals surface area contributed by atoms with E-state index in [0.717, 1.165) is 28.0 Å². The van der Waals surface area contributed by atoms with Crippen molar-refractivity contribution >= 4 is 27.5 Å². The maximum atomic E-state index is 5.92. The summed E-state index contributed by atoms with van der Waals surface area (Å²) in [5.41, 5.74) is 0.984. The van der Waals surface area contributed by atoms with Crippen LogP contribution in [0, 0.1) is 0 Å². The van der Waals surface area contributed by atoms with Crippen LogP contribution in [0.25, 0.3) is 0 Å². The molecule has 3 heteroatoms. The molecule has 1 nitrogen and oxygen atoms in total. The maximum Gasteiger partial charge on any atom is 0.0632 e. The van der Waals surface area contributed by atoms with Crippen LogP contribution in [0.3, 0.4) is 0 Å². The first-order chi connectivity index (χ1) is 5.24. The quantitative estimate of drug-likeness (QED) is 0.764. The van der Waals surface area contributed by atoms with E-state index in [0.29, 0.717) is 0 Å². The van der Waals surface area contributed by atoms with Gasteiger partial charge in [0.25, 0.3) is 0 Å². The average Bonchev–Trinajstić information content (AvgIpc) is 1.95. The fourth-order valence-corrected chi connectivity index (χ4v) is 1.59. The normalized spacial score (nSPS) is 10.1. The van der Waals surface area contributed by atoms with Crippen LogP contribution in [0.5, 0.6) is 0 Å². The highest BCUT2D eigenvalue weighted by molar-refractivity contribution is 9.10. The molecule has 0 N–H and O–H groups in total. The zero-order valence-electron chi connectivity index (χ0n) is 6.27. The monoisotopic (exact) mass is 233 g/mol. The topological polar surface area (TPSA) is 12.9 Å². The molecular formula is C8H9BrClN. The molecule has 0 atom stereocenters. The van der Waals surface area contributed by atoms with E-state index in [1.165, 1.54) is 0 Å². The summed E-state index contributed by atoms with van der Waals surface area (Å²) in [5, 5.41) is 0.751. The zero-order valence-corrected chi connectivity index (χ0v) is 8.61. The third-order valence-corrected chi connectivity index (χ3v) is 2.13. The molecule has 0 radical (unpaired) electrons. The molecule has 0 aliphatic rings. The number of aromatic nitrogens is 1. The number of aryl methyl sites for hydroxylation is 1. The van der Waals surface area contributed by atoms with Crippen molar-refractivity contribution in [1.29, 1.82) is 0 Å². The van der Waals surface area contributed by atoms with Crippen molar-refractivity contribution in [3.8, 4) is 0 Å². The number of halogens is 2. The molecule has 0 bridgehead atoms. The summed E-state index contributed by atoms with van der Waals surface area (Å²) in [5.74, 6) is 0. The molecule has 11 heavy (non-hydrogen) atoms. The fraction of sp³-hybridized carbons (Fsp3) is 0.375. The lowest BCUT2D eigenvalue weighted by Crippen LogP contribution is -1.89. The van der Waals surface area contributed by atoms with Crippen molar-refractivity contribution in [2.45, 2.75) is 19.8 Å². The van der Waals surface area contributed by atoms with Crippen LogP contribution in [-0.4, -0.2) is 4.98 Å². The molecule has 0 spiro atoms. The zero-order chi connectivity index (χ0) is 8.27. The molecule has 0 aliphatic carbocycles. The van der Waals surface area contributed by atoms with E-state index < -0.39 is 0 Å². The Morgan fingerprint density at radius 1 is 1.64 bits per heavy atom. The molecule has 0 amide bonds. The van der Waals surface area contributed by atoms with Gasteiger partial charge >= 0.3 is 0 Å². The Bertz CT molecular complexity index is 250. The molecule has 0 aliphatic heterocycles. The second-order valence-electron chi connectivity index (χ2n) is 2.33. The van der Waals surface area contributed by atoms with Gasteiger partial charge in [0.15, 0.2) is 0 Å². The van der Waals surface area contributed by atoms with Gasteiger partial charge in [-0.1, -0.05) is 24.9 Å². The minimum atomic E-state index is 0.751. The molecule has 0 fully saturated rings. The van der Waals surface area contributed by atoms with Gasteiger partial charge in [-0.25, -0.2) is 0 Å². The molecule has 0 unspecified atom stereocenters. The van der Waals surface area contributed by atoms with E-state index >= 15 is 0 Å². The summed E-state index contributed by atoms with van der Waals surface area (Å²) < 4.78 is 0.933. The number of pyridine rings is 1. The van der Waals surface area contributed by atoms with Gasteiger partial charge in [-0.3, -0.25) is 4.98 Å². The Hall–Kier alpha value is -0.0800. The van der Waals surface area contributed by atoms with Gasteiger partial charge in [0.05, 0.1) is 10.7 Å². The lowest BCUT2D eigenvalue weighted by atomic mass is 10.2. The summed E-state index contributed by atoms with van der Waals surface area (Å²) in [6.45, 7) is 2.11. The largest absolute Gasteiger partial charge is 0.259 e. The first-order valence-corrected chi connectivity index (χ1v) is 4.71. The average molecular weight is 235 g/mol. The Kier molecular flexibility index (Phi) is 3.34. The van der Waals surface area contributed by atoms with Crippen molar-refractivity contribution in [3.63, 3.8) is 0 Å². The van der Waals surface area contributed by atoms with Crippen LogP contribution in [0.1, 0.15) is 19.0 Å². The summed E-state index contributed by atoms with van der Waals surface area (Å²) in [7, 11) is 0. The SMILES string of the molecule is CCCc1ncc(Br)cc1Cl. The second-order valence-corrected chi connectivity index (χ2v) is 3.65. The first kappa shape index (κ1) is 9.01. The third kappa shape index (κ3) is 2.46. The summed E-state index contributed by atoms with van der Waals surface area (Å²) in [4.78, 5) is 4.19. The molecule has 1 aromatic rings. The minimum absolute atomic E-state index is 0.751. The Balaban J connectivity index is 2.90. The molecule has 0 saturated heterocycles. The lowest BCUT2D eigenvalue weighted by Gasteiger charge is -2.00. The number of hydrogen-bond donors (Lipinski definition) is 0. The third-order valence-electron chi connectivity index (χ3n) is 1.37. The summed E-state index contributed by atoms with van der Waals surface area (Å²) in [6, 6.07) is 1.87. The smallest absolute Gasteiger partial charge is 0.0632 e. The summed E-state index contributed by atoms with van der Waals surface area (Å²) >= 11 is 9.22. The van der Waals surface area contributed by atoms with Crippen molar-refractivity contribution in [2.24, 2.45) is 0 Å². The highest BCUT2D eigenvalue weighted by Gasteiger charge is 2.00. The van der Waals surface area contributed by atoms with E-state index in [9.17, 15) is 0 Å². The van der Waals surface area contributed by atoms with Crippen LogP contribution in [0.4, 0.5) is 0 Å². The van der Waals surface area contributed by atoms with Crippen LogP contribution in [-0.2, 0) is 6.42 Å². The highest BCUT2D eigenvalue weighted by atomic mass is 79.9. The van der Waals surface area contributed by atoms with Gasteiger partial charge in [-0.2, -0.15) is 0 Å². The van der Waals surface area contributed by atoms with Crippen molar-refractivity contribution in [2.75, 3.05) is 0 Å². The van der Waals surface area contributed by atoms with Gasteiger partial charge in [0.1, 0.15) is 0 Å². The fourth-order valence-electron chi connectivity index (χ4n) is 0.864. The van der Waals surface area contributed by atoms with E-state index in [-0.39, 0.29) is 0 Å². The van der Waals surface area contributed by atoms with E-state index in [1.54, 1.807) is 6.20 Å². The van der Waals surface area contributed by atoms with Crippen LogP contribution >= 0.6 is 27.5 Å². The minimum Gasteiger partial charge on any atom is -0.259 e. The Morgan fingerprint density at radius 2 is 2.36 bits per heavy atom. The second kappa shape index (κ2) is 4.07. The predicted molar refractivity (Wildman–Crippen MR) is 50.9 cm³/mol. The molecule has 1 aromatic heterocycles. The van der Waals surface area contributed by atoms with Crippen LogP contribution in [0.15, 0.2) is 16.7 Å². The molecule has 1 heterocycles. The van der Waals surface area contributed by atoms with Gasteiger partial charge < -0.3 is 0 Å². The number of nitrogens with zero attached hydrogens (tertiary/aromatic N) is 1. The van der Waals surface area contributed by atoms with Gasteiger partial charge in [0, 0.05) is 10.7 Å². The molecule has 0 aromatic carbocycles. The Labute approximate surface area is 79.9 Å². The predicted octanol–water partition coefficient (Wildman–Crippen LogP) is 3.45. The lowest BCUT2D eigenvalue weighted by molar-refractivity contribution is 0.882. The molecule has 60 valence electrons. The Morgan fingerprint density at radius 3 is 2.91 bits per heavy atom. The highest BCUT2D eigenvalue weighted by Crippen LogP contribution is 2.19. The standard InChI is InChI=1S/C8H9BrClN/c1-2-3-8-7(10)4-6(9)5-11-8/h4-5H,2-3H2,1H3. The molecular weight excluding hydrogens is 225 g/mol. The van der Waals surface area contributed by atoms with Gasteiger partial charge in [-0.15, -0.1) is 0 Å². The van der Waals surface area contributed by atoms with Gasteiger partial charge in [-0.05, 0) is 28.4 Å². The van der Waals surface area contributed by atoms with Crippen molar-refractivity contribution in [1.82, 2.24) is 4.98 Å². The van der Waals surface area contributed by atoms with Gasteiger partial charge in [0.2, 0.25) is 0 Å².